The number of aliphatic carboxylic acids is 1. The molecule has 9 heteroatoms. The van der Waals surface area contributed by atoms with Crippen molar-refractivity contribution in [3.05, 3.63) is 39.5 Å². The molecule has 0 atom stereocenters. The van der Waals surface area contributed by atoms with Gasteiger partial charge >= 0.3 is 5.97 Å². The van der Waals surface area contributed by atoms with Gasteiger partial charge in [-0.25, -0.2) is 4.98 Å². The van der Waals surface area contributed by atoms with Crippen LogP contribution in [0.3, 0.4) is 0 Å². The fourth-order valence-electron chi connectivity index (χ4n) is 3.11. The van der Waals surface area contributed by atoms with Gasteiger partial charge in [0.1, 0.15) is 18.0 Å². The van der Waals surface area contributed by atoms with Crippen molar-refractivity contribution < 1.29 is 9.90 Å². The van der Waals surface area contributed by atoms with Crippen molar-refractivity contribution in [2.24, 2.45) is 0 Å². The van der Waals surface area contributed by atoms with Gasteiger partial charge in [-0.2, -0.15) is 11.8 Å². The van der Waals surface area contributed by atoms with Crippen LogP contribution in [0, 0.1) is 0 Å². The predicted octanol–water partition coefficient (Wildman–Crippen LogP) is 3.81. The monoisotopic (exact) mass is 437 g/mol. The smallest absolute Gasteiger partial charge is 0.323 e. The SMILES string of the molecule is CSCCN(C)c1ccc2c(=O)c3ccc(Cl)c(SC)c3n(CC(=O)O)c2n1. The highest BCUT2D eigenvalue weighted by Crippen LogP contribution is 2.34. The second kappa shape index (κ2) is 8.63. The molecule has 0 aliphatic carbocycles. The van der Waals surface area contributed by atoms with Gasteiger partial charge in [0.25, 0.3) is 0 Å². The third-order valence-corrected chi connectivity index (χ3v) is 6.32. The van der Waals surface area contributed by atoms with Gasteiger partial charge in [0.05, 0.1) is 20.8 Å². The van der Waals surface area contributed by atoms with Crippen molar-refractivity contribution in [1.82, 2.24) is 9.55 Å². The minimum atomic E-state index is -1.01. The van der Waals surface area contributed by atoms with Crippen molar-refractivity contribution in [1.29, 1.82) is 0 Å². The number of halogens is 1. The van der Waals surface area contributed by atoms with Gasteiger partial charge in [-0.3, -0.25) is 9.59 Å². The summed E-state index contributed by atoms with van der Waals surface area (Å²) in [7, 11) is 1.93. The first-order valence-electron chi connectivity index (χ1n) is 8.50. The number of carboxylic acids is 1. The van der Waals surface area contributed by atoms with Crippen LogP contribution < -0.4 is 10.3 Å². The lowest BCUT2D eigenvalue weighted by Crippen LogP contribution is -2.23. The Morgan fingerprint density at radius 3 is 2.61 bits per heavy atom. The van der Waals surface area contributed by atoms with Gasteiger partial charge in [0.2, 0.25) is 0 Å². The van der Waals surface area contributed by atoms with Crippen molar-refractivity contribution in [3.8, 4) is 0 Å². The van der Waals surface area contributed by atoms with Gasteiger partial charge in [-0.15, -0.1) is 11.8 Å². The first kappa shape index (κ1) is 20.8. The van der Waals surface area contributed by atoms with Crippen LogP contribution in [0.5, 0.6) is 0 Å². The van der Waals surface area contributed by atoms with E-state index in [1.54, 1.807) is 40.6 Å². The van der Waals surface area contributed by atoms with Gasteiger partial charge in [0, 0.05) is 24.7 Å². The van der Waals surface area contributed by atoms with Crippen LogP contribution in [0.15, 0.2) is 34.0 Å². The zero-order chi connectivity index (χ0) is 20.4. The van der Waals surface area contributed by atoms with E-state index in [-0.39, 0.29) is 12.0 Å². The van der Waals surface area contributed by atoms with Crippen molar-refractivity contribution >= 4 is 68.8 Å². The Kier molecular flexibility index (Phi) is 6.42. The van der Waals surface area contributed by atoms with E-state index in [0.717, 1.165) is 12.3 Å². The van der Waals surface area contributed by atoms with Crippen LogP contribution in [-0.4, -0.2) is 52.5 Å². The van der Waals surface area contributed by atoms with E-state index in [2.05, 4.69) is 4.98 Å². The third-order valence-electron chi connectivity index (χ3n) is 4.48. The first-order valence-corrected chi connectivity index (χ1v) is 11.5. The molecule has 0 radical (unpaired) electrons. The maximum Gasteiger partial charge on any atom is 0.323 e. The van der Waals surface area contributed by atoms with Crippen molar-refractivity contribution in [3.63, 3.8) is 0 Å². The minimum Gasteiger partial charge on any atom is -0.480 e. The van der Waals surface area contributed by atoms with Crippen LogP contribution in [0.25, 0.3) is 21.9 Å². The summed E-state index contributed by atoms with van der Waals surface area (Å²) in [4.78, 5) is 32.0. The second-order valence-electron chi connectivity index (χ2n) is 6.24. The van der Waals surface area contributed by atoms with Crippen molar-refractivity contribution in [2.75, 3.05) is 36.8 Å². The Morgan fingerprint density at radius 2 is 1.96 bits per heavy atom. The highest BCUT2D eigenvalue weighted by molar-refractivity contribution is 7.99. The van der Waals surface area contributed by atoms with E-state index in [1.165, 1.54) is 11.8 Å². The minimum absolute atomic E-state index is 0.176. The molecule has 0 spiro atoms. The molecule has 0 saturated carbocycles. The van der Waals surface area contributed by atoms with E-state index < -0.39 is 5.97 Å². The number of hydrogen-bond acceptors (Lipinski definition) is 6. The zero-order valence-corrected chi connectivity index (χ0v) is 18.1. The summed E-state index contributed by atoms with van der Waals surface area (Å²) >= 11 is 9.45. The van der Waals surface area contributed by atoms with Crippen LogP contribution in [0.2, 0.25) is 5.02 Å². The molecule has 0 bridgehead atoms. The molecule has 1 N–H and O–H groups in total. The molecule has 3 aromatic rings. The van der Waals surface area contributed by atoms with Crippen LogP contribution in [-0.2, 0) is 11.3 Å². The fourth-order valence-corrected chi connectivity index (χ4v) is 4.63. The molecule has 0 fully saturated rings. The number of carboxylic acid groups (broad SMARTS) is 1. The van der Waals surface area contributed by atoms with Gasteiger partial charge in [0.15, 0.2) is 5.43 Å². The fraction of sp³-hybridized carbons (Fsp3) is 0.316. The molecule has 0 saturated heterocycles. The average molecular weight is 438 g/mol. The van der Waals surface area contributed by atoms with Crippen LogP contribution in [0.1, 0.15) is 0 Å². The van der Waals surface area contributed by atoms with Gasteiger partial charge in [-0.1, -0.05) is 11.6 Å². The molecule has 3 rings (SSSR count). The summed E-state index contributed by atoms with van der Waals surface area (Å²) in [5.74, 6) is 0.607. The number of fused-ring (bicyclic) bond motifs is 2. The summed E-state index contributed by atoms with van der Waals surface area (Å²) in [6, 6.07) is 6.84. The largest absolute Gasteiger partial charge is 0.480 e. The number of rotatable bonds is 7. The standard InChI is InChI=1S/C19H20ClN3O3S2/c1-22(8-9-27-2)14-7-5-12-17(26)11-4-6-13(20)18(28-3)16(11)23(10-15(24)25)19(12)21-14/h4-7H,8-10H2,1-3H3,(H,24,25). The molecule has 0 amide bonds. The molecule has 0 aliphatic heterocycles. The quantitative estimate of drug-likeness (QED) is 0.445. The zero-order valence-electron chi connectivity index (χ0n) is 15.7. The number of carbonyl (C=O) groups is 1. The number of anilines is 1. The Bertz CT molecular complexity index is 1120. The summed E-state index contributed by atoms with van der Waals surface area (Å²) in [6.07, 6.45) is 3.88. The maximum absolute atomic E-state index is 13.1. The molecule has 0 aliphatic rings. The molecular formula is C19H20ClN3O3S2. The highest BCUT2D eigenvalue weighted by Gasteiger charge is 2.19. The lowest BCUT2D eigenvalue weighted by molar-refractivity contribution is -0.137. The summed E-state index contributed by atoms with van der Waals surface area (Å²) in [6.45, 7) is 0.477. The molecule has 148 valence electrons. The lowest BCUT2D eigenvalue weighted by atomic mass is 10.1. The Balaban J connectivity index is 2.40. The van der Waals surface area contributed by atoms with E-state index in [9.17, 15) is 14.7 Å². The van der Waals surface area contributed by atoms with Crippen molar-refractivity contribution in [2.45, 2.75) is 11.4 Å². The Morgan fingerprint density at radius 1 is 1.25 bits per heavy atom. The number of hydrogen-bond donors (Lipinski definition) is 1. The van der Waals surface area contributed by atoms with Crippen LogP contribution in [0.4, 0.5) is 5.82 Å². The summed E-state index contributed by atoms with van der Waals surface area (Å²) in [5, 5.41) is 10.8. The van der Waals surface area contributed by atoms with E-state index >= 15 is 0 Å². The number of thioether (sulfide) groups is 2. The molecule has 28 heavy (non-hydrogen) atoms. The third kappa shape index (κ3) is 3.81. The number of benzene rings is 1. The average Bonchev–Trinajstić information content (AvgIpc) is 2.68. The molecule has 2 heterocycles. The Hall–Kier alpha value is -1.90. The highest BCUT2D eigenvalue weighted by atomic mass is 35.5. The van der Waals surface area contributed by atoms with Gasteiger partial charge in [-0.05, 0) is 36.8 Å². The van der Waals surface area contributed by atoms with Crippen LogP contribution >= 0.6 is 35.1 Å². The molecule has 1 aromatic carbocycles. The topological polar surface area (TPSA) is 75.4 Å². The normalized spacial score (nSPS) is 11.3. The lowest BCUT2D eigenvalue weighted by Gasteiger charge is -2.20. The van der Waals surface area contributed by atoms with E-state index in [1.807, 2.05) is 24.5 Å². The van der Waals surface area contributed by atoms with Gasteiger partial charge < -0.3 is 14.6 Å². The number of nitrogens with zero attached hydrogens (tertiary/aromatic N) is 3. The molecule has 0 unspecified atom stereocenters. The number of pyridine rings is 2. The second-order valence-corrected chi connectivity index (χ2v) is 8.45. The summed E-state index contributed by atoms with van der Waals surface area (Å²) in [5.41, 5.74) is 0.687. The molecular weight excluding hydrogens is 418 g/mol. The molecule has 6 nitrogen and oxygen atoms in total. The number of aromatic nitrogens is 2. The summed E-state index contributed by atoms with van der Waals surface area (Å²) < 4.78 is 1.58. The maximum atomic E-state index is 13.1. The van der Waals surface area contributed by atoms with E-state index in [0.29, 0.717) is 37.7 Å². The predicted molar refractivity (Wildman–Crippen MR) is 120 cm³/mol. The molecule has 2 aromatic heterocycles. The van der Waals surface area contributed by atoms with E-state index in [4.69, 9.17) is 11.6 Å². The first-order chi connectivity index (χ1) is 13.4. The Labute approximate surface area is 175 Å².